The van der Waals surface area contributed by atoms with Gasteiger partial charge in [-0.05, 0) is 6.07 Å². The molecule has 88 valence electrons. The van der Waals surface area contributed by atoms with Crippen LogP contribution in [0.2, 0.25) is 0 Å². The number of carbonyl (C=O) groups excluding carboxylic acids is 1. The molecule has 8 heteroatoms. The Hall–Kier alpha value is -1.73. The van der Waals surface area contributed by atoms with Crippen LogP contribution in [0.3, 0.4) is 0 Å². The molecule has 0 aromatic carbocycles. The molecule has 0 aliphatic heterocycles. The van der Waals surface area contributed by atoms with E-state index in [0.29, 0.717) is 12.3 Å². The van der Waals surface area contributed by atoms with Gasteiger partial charge in [-0.1, -0.05) is 0 Å². The molecule has 0 bridgehead atoms. The maximum atomic E-state index is 12.2. The van der Waals surface area contributed by atoms with Crippen LogP contribution in [0, 0.1) is 0 Å². The maximum Gasteiger partial charge on any atom is 0.418 e. The fourth-order valence-corrected chi connectivity index (χ4v) is 0.889. The second-order valence-corrected chi connectivity index (χ2v) is 2.60. The van der Waals surface area contributed by atoms with Crippen LogP contribution < -0.4 is 4.74 Å². The lowest BCUT2D eigenvalue weighted by Crippen LogP contribution is -2.10. The monoisotopic (exact) mass is 241 g/mol. The summed E-state index contributed by atoms with van der Waals surface area (Å²) in [4.78, 5) is 13.4. The number of aldehydes is 1. The van der Waals surface area contributed by atoms with Crippen LogP contribution in [0.25, 0.3) is 0 Å². The number of halogens is 5. The molecule has 0 fully saturated rings. The molecule has 0 aliphatic rings. The highest BCUT2D eigenvalue weighted by molar-refractivity contribution is 5.76. The number of alkyl halides is 5. The number of hydrogen-bond donors (Lipinski definition) is 0. The number of aromatic nitrogens is 1. The summed E-state index contributed by atoms with van der Waals surface area (Å²) < 4.78 is 63.9. The molecule has 1 rings (SSSR count). The summed E-state index contributed by atoms with van der Waals surface area (Å²) in [5.74, 6) is -0.903. The molecule has 0 N–H and O–H groups in total. The SMILES string of the molecule is O=Cc1ncc(C(F)(F)F)cc1OC(F)F. The van der Waals surface area contributed by atoms with Gasteiger partial charge in [0, 0.05) is 6.20 Å². The number of nitrogens with zero attached hydrogens (tertiary/aromatic N) is 1. The second-order valence-electron chi connectivity index (χ2n) is 2.60. The highest BCUT2D eigenvalue weighted by Crippen LogP contribution is 2.32. The molecule has 1 aromatic heterocycles. The zero-order chi connectivity index (χ0) is 12.3. The topological polar surface area (TPSA) is 39.2 Å². The van der Waals surface area contributed by atoms with E-state index in [1.165, 1.54) is 0 Å². The Morgan fingerprint density at radius 2 is 2.00 bits per heavy atom. The Morgan fingerprint density at radius 3 is 2.44 bits per heavy atom. The summed E-state index contributed by atoms with van der Waals surface area (Å²) in [5, 5.41) is 0. The van der Waals surface area contributed by atoms with E-state index in [2.05, 4.69) is 9.72 Å². The van der Waals surface area contributed by atoms with E-state index in [0.717, 1.165) is 0 Å². The van der Waals surface area contributed by atoms with Crippen molar-refractivity contribution < 1.29 is 31.5 Å². The molecule has 0 unspecified atom stereocenters. The lowest BCUT2D eigenvalue weighted by atomic mass is 10.2. The second kappa shape index (κ2) is 4.42. The van der Waals surface area contributed by atoms with Crippen LogP contribution in [0.15, 0.2) is 12.3 Å². The van der Waals surface area contributed by atoms with Gasteiger partial charge in [0.05, 0.1) is 5.56 Å². The van der Waals surface area contributed by atoms with Gasteiger partial charge >= 0.3 is 12.8 Å². The molecule has 3 nitrogen and oxygen atoms in total. The minimum Gasteiger partial charge on any atom is -0.432 e. The third kappa shape index (κ3) is 2.88. The third-order valence-electron chi connectivity index (χ3n) is 1.54. The predicted octanol–water partition coefficient (Wildman–Crippen LogP) is 2.51. The Balaban J connectivity index is 3.16. The molecule has 16 heavy (non-hydrogen) atoms. The summed E-state index contributed by atoms with van der Waals surface area (Å²) >= 11 is 0. The minimum atomic E-state index is -4.74. The van der Waals surface area contributed by atoms with Crippen molar-refractivity contribution in [3.63, 3.8) is 0 Å². The molecule has 0 saturated carbocycles. The first kappa shape index (κ1) is 12.3. The van der Waals surface area contributed by atoms with E-state index in [1.54, 1.807) is 0 Å². The molecular weight excluding hydrogens is 237 g/mol. The zero-order valence-electron chi connectivity index (χ0n) is 7.46. The van der Waals surface area contributed by atoms with Crippen LogP contribution in [0.1, 0.15) is 16.1 Å². The van der Waals surface area contributed by atoms with Gasteiger partial charge < -0.3 is 4.74 Å². The quantitative estimate of drug-likeness (QED) is 0.602. The summed E-state index contributed by atoms with van der Waals surface area (Å²) in [6, 6.07) is 0.295. The van der Waals surface area contributed by atoms with Crippen molar-refractivity contribution in [2.75, 3.05) is 0 Å². The molecule has 0 aliphatic carbocycles. The third-order valence-corrected chi connectivity index (χ3v) is 1.54. The zero-order valence-corrected chi connectivity index (χ0v) is 7.46. The minimum absolute atomic E-state index is 0.0257. The van der Waals surface area contributed by atoms with Gasteiger partial charge in [-0.15, -0.1) is 0 Å². The van der Waals surface area contributed by atoms with Crippen molar-refractivity contribution >= 4 is 6.29 Å². The molecule has 0 atom stereocenters. The summed E-state index contributed by atoms with van der Waals surface area (Å²) in [6.45, 7) is -3.33. The highest BCUT2D eigenvalue weighted by Gasteiger charge is 2.32. The highest BCUT2D eigenvalue weighted by atomic mass is 19.4. The fraction of sp³-hybridized carbons (Fsp3) is 0.250. The van der Waals surface area contributed by atoms with E-state index in [1.807, 2.05) is 0 Å². The lowest BCUT2D eigenvalue weighted by Gasteiger charge is -2.10. The number of rotatable bonds is 3. The lowest BCUT2D eigenvalue weighted by molar-refractivity contribution is -0.138. The van der Waals surface area contributed by atoms with Gasteiger partial charge in [-0.25, -0.2) is 4.98 Å². The summed E-state index contributed by atoms with van der Waals surface area (Å²) in [6.07, 6.45) is -4.35. The van der Waals surface area contributed by atoms with Crippen LogP contribution in [0.5, 0.6) is 5.75 Å². The first-order valence-corrected chi connectivity index (χ1v) is 3.82. The van der Waals surface area contributed by atoms with Crippen molar-refractivity contribution in [3.8, 4) is 5.75 Å². The van der Waals surface area contributed by atoms with Gasteiger partial charge in [0.2, 0.25) is 0 Å². The van der Waals surface area contributed by atoms with Crippen molar-refractivity contribution in [1.82, 2.24) is 4.98 Å². The van der Waals surface area contributed by atoms with Crippen LogP contribution in [-0.2, 0) is 6.18 Å². The number of ether oxygens (including phenoxy) is 1. The van der Waals surface area contributed by atoms with E-state index in [9.17, 15) is 26.7 Å². The number of hydrogen-bond acceptors (Lipinski definition) is 3. The van der Waals surface area contributed by atoms with Gasteiger partial charge in [0.25, 0.3) is 0 Å². The standard InChI is InChI=1S/C8H4F5NO2/c9-7(10)16-6-1-4(8(11,12)13)2-14-5(6)3-15/h1-3,7H. The first-order valence-electron chi connectivity index (χ1n) is 3.82. The van der Waals surface area contributed by atoms with E-state index in [-0.39, 0.29) is 6.29 Å². The van der Waals surface area contributed by atoms with Gasteiger partial charge in [-0.2, -0.15) is 22.0 Å². The fourth-order valence-electron chi connectivity index (χ4n) is 0.889. The molecule has 0 spiro atoms. The van der Waals surface area contributed by atoms with Crippen molar-refractivity contribution in [2.24, 2.45) is 0 Å². The Labute approximate surface area is 85.8 Å². The largest absolute Gasteiger partial charge is 0.432 e. The van der Waals surface area contributed by atoms with Gasteiger partial charge in [-0.3, -0.25) is 4.79 Å². The van der Waals surface area contributed by atoms with E-state index >= 15 is 0 Å². The van der Waals surface area contributed by atoms with Crippen LogP contribution in [0.4, 0.5) is 22.0 Å². The number of carbonyl (C=O) groups is 1. The van der Waals surface area contributed by atoms with Crippen molar-refractivity contribution in [1.29, 1.82) is 0 Å². The van der Waals surface area contributed by atoms with Gasteiger partial charge in [0.15, 0.2) is 12.0 Å². The molecule has 0 amide bonds. The molecule has 0 radical (unpaired) electrons. The predicted molar refractivity (Wildman–Crippen MR) is 41.3 cm³/mol. The van der Waals surface area contributed by atoms with Crippen LogP contribution >= 0.6 is 0 Å². The van der Waals surface area contributed by atoms with Crippen molar-refractivity contribution in [2.45, 2.75) is 12.8 Å². The maximum absolute atomic E-state index is 12.2. The van der Waals surface area contributed by atoms with Crippen LogP contribution in [-0.4, -0.2) is 17.9 Å². The molecule has 1 heterocycles. The van der Waals surface area contributed by atoms with Crippen molar-refractivity contribution in [3.05, 3.63) is 23.5 Å². The summed E-state index contributed by atoms with van der Waals surface area (Å²) in [7, 11) is 0. The summed E-state index contributed by atoms with van der Waals surface area (Å²) in [5.41, 5.74) is -1.89. The average molecular weight is 241 g/mol. The van der Waals surface area contributed by atoms with E-state index < -0.39 is 29.8 Å². The smallest absolute Gasteiger partial charge is 0.418 e. The molecule has 0 saturated heterocycles. The molecular formula is C8H4F5NO2. The normalized spacial score (nSPS) is 11.6. The molecule has 1 aromatic rings. The first-order chi connectivity index (χ1) is 7.34. The Morgan fingerprint density at radius 1 is 1.38 bits per heavy atom. The average Bonchev–Trinajstić information content (AvgIpc) is 2.15. The Bertz CT molecular complexity index is 391. The van der Waals surface area contributed by atoms with E-state index in [4.69, 9.17) is 0 Å². The Kier molecular flexibility index (Phi) is 3.41. The van der Waals surface area contributed by atoms with Gasteiger partial charge in [0.1, 0.15) is 5.69 Å². The number of pyridine rings is 1.